The Hall–Kier alpha value is -5.78. The number of anilines is 1. The first-order valence-electron chi connectivity index (χ1n) is 40.9. The van der Waals surface area contributed by atoms with Crippen LogP contribution in [0.2, 0.25) is 0 Å². The van der Waals surface area contributed by atoms with Gasteiger partial charge < -0.3 is 72.2 Å². The summed E-state index contributed by atoms with van der Waals surface area (Å²) in [4.78, 5) is 63.3. The standard InChI is InChI=1S/C16H28BNO4.C16H30N2O2.C16H26N2O2.C11H22N2.C8H5F6NO4S2.C7H10F3NO3S.C6H11NO/c1-14(2,3)20-13(19)18-10-8-12(9-11-18)17-21-15(4,5)16(6,7)22-17;2*1-16(2,3)20-15(19)18-11-7-14(8-12-18)13-5-9-17(4)10-6-13;1-13-8-4-11(5-9-13)10-2-6-12-7-3-10;9-7(10,11)20(16,17)15(6-4-2-1-3-5-6)21(18,19)8(12,13)14;1-11-4-2-6(3-5-11)14-15(12,13)7(8,9)10;1-7-4-2-6(8)3-5-7/h8H,9-11H2,1-7H3;13-14H,5-12H2,1-4H3;5,7H,6,8-12H2,1-4H3;10-12H,2-9H2,1H3;1-5H;2H,3-5H2,1H3;2-5H2,1H3. The number of alkyl halides is 9. The van der Waals surface area contributed by atoms with Crippen LogP contribution in [0.25, 0.3) is 0 Å². The number of para-hydroxylation sites is 1. The number of piperidine rings is 5. The molecule has 39 heteroatoms. The van der Waals surface area contributed by atoms with Gasteiger partial charge in [-0.05, 0) is 294 Å². The molecular formula is C80H132BF9N10O16S3. The van der Waals surface area contributed by atoms with Gasteiger partial charge in [-0.1, -0.05) is 36.4 Å². The summed E-state index contributed by atoms with van der Waals surface area (Å²) in [6, 6.07) is 3.85. The van der Waals surface area contributed by atoms with Gasteiger partial charge in [-0.2, -0.15) is 64.8 Å². The summed E-state index contributed by atoms with van der Waals surface area (Å²) in [5, 5.41) is 3.45. The van der Waals surface area contributed by atoms with E-state index >= 15 is 0 Å². The number of likely N-dealkylation sites (N-methyl/N-ethyl adjacent to an activating group) is 2. The molecule has 0 saturated carbocycles. The molecule has 6 fully saturated rings. The second kappa shape index (κ2) is 44.2. The second-order valence-electron chi connectivity index (χ2n) is 35.8. The van der Waals surface area contributed by atoms with Gasteiger partial charge in [0.2, 0.25) is 0 Å². The van der Waals surface area contributed by atoms with E-state index in [-0.39, 0.29) is 54.4 Å². The summed E-state index contributed by atoms with van der Waals surface area (Å²) in [6.45, 7) is 42.2. The van der Waals surface area contributed by atoms with Crippen LogP contribution < -0.4 is 9.03 Å². The third-order valence-corrected chi connectivity index (χ3v) is 26.6. The van der Waals surface area contributed by atoms with Crippen LogP contribution in [0.4, 0.5) is 59.6 Å². The van der Waals surface area contributed by atoms with Gasteiger partial charge in [0.05, 0.1) is 16.9 Å². The number of ketones is 1. The molecule has 10 aliphatic heterocycles. The molecule has 1 N–H and O–H groups in total. The van der Waals surface area contributed by atoms with E-state index in [2.05, 4.69) is 62.4 Å². The summed E-state index contributed by atoms with van der Waals surface area (Å²) in [5.74, 6) is 4.02. The number of carbonyl (C=O) groups is 4. The number of hydrogen-bond acceptors (Lipinski definition) is 22. The molecule has 119 heavy (non-hydrogen) atoms. The highest BCUT2D eigenvalue weighted by Crippen LogP contribution is 2.42. The lowest BCUT2D eigenvalue weighted by molar-refractivity contribution is -0.121. The van der Waals surface area contributed by atoms with Crippen molar-refractivity contribution in [3.05, 3.63) is 77.0 Å². The molecule has 0 aromatic heterocycles. The Labute approximate surface area is 701 Å². The van der Waals surface area contributed by atoms with E-state index in [0.717, 1.165) is 138 Å². The minimum absolute atomic E-state index is 0.140. The zero-order valence-corrected chi connectivity index (χ0v) is 75.3. The highest BCUT2D eigenvalue weighted by Gasteiger charge is 2.62. The first-order valence-corrected chi connectivity index (χ1v) is 45.2. The van der Waals surface area contributed by atoms with Crippen LogP contribution in [0.5, 0.6) is 0 Å². The number of likely N-dealkylation sites (tertiary alicyclic amines) is 4. The van der Waals surface area contributed by atoms with E-state index in [0.29, 0.717) is 50.6 Å². The summed E-state index contributed by atoms with van der Waals surface area (Å²) >= 11 is 0. The fourth-order valence-electron chi connectivity index (χ4n) is 14.1. The molecular weight excluding hydrogens is 1630 g/mol. The number of nitrogens with one attached hydrogen (secondary N) is 1. The van der Waals surface area contributed by atoms with Crippen LogP contribution in [-0.2, 0) is 62.7 Å². The lowest BCUT2D eigenvalue weighted by Gasteiger charge is -2.39. The van der Waals surface area contributed by atoms with Crippen LogP contribution >= 0.6 is 0 Å². The Morgan fingerprint density at radius 3 is 1.13 bits per heavy atom. The Kier molecular flexibility index (Phi) is 38.5. The molecule has 0 unspecified atom stereocenters. The van der Waals surface area contributed by atoms with Crippen molar-refractivity contribution in [2.75, 3.05) is 157 Å². The van der Waals surface area contributed by atoms with Gasteiger partial charge in [0.25, 0.3) is 0 Å². The minimum atomic E-state index is -6.81. The third-order valence-electron chi connectivity index (χ3n) is 22.0. The van der Waals surface area contributed by atoms with Gasteiger partial charge in [-0.15, -0.1) is 3.71 Å². The average Bonchev–Trinajstić information content (AvgIpc) is 1.41. The van der Waals surface area contributed by atoms with Crippen LogP contribution in [0.1, 0.15) is 180 Å². The molecule has 6 saturated heterocycles. The molecule has 10 aliphatic rings. The minimum Gasteiger partial charge on any atom is -0.444 e. The highest BCUT2D eigenvalue weighted by atomic mass is 32.3. The summed E-state index contributed by atoms with van der Waals surface area (Å²) in [6.07, 6.45) is 22.4. The van der Waals surface area contributed by atoms with Crippen molar-refractivity contribution in [1.82, 2.24) is 44.5 Å². The molecule has 0 radical (unpaired) electrons. The largest absolute Gasteiger partial charge is 0.534 e. The Morgan fingerprint density at radius 1 is 0.437 bits per heavy atom. The number of nitrogens with zero attached hydrogens (tertiary/aromatic N) is 9. The molecule has 10 heterocycles. The molecule has 0 spiro atoms. The van der Waals surface area contributed by atoms with Crippen LogP contribution in [0.3, 0.4) is 0 Å². The maximum atomic E-state index is 12.4. The molecule has 0 bridgehead atoms. The zero-order valence-electron chi connectivity index (χ0n) is 72.9. The SMILES string of the molecule is CC(C)(C)OC(=O)N1CC=C(B2OC(C)(C)C(C)(C)O2)CC1.CN1CC=C(C2=CCN(C(=O)OC(C)(C)C)CC2)CC1.CN1CC=C(OS(=O)(=O)C(F)(F)F)CC1.CN1CCC(=O)CC1.CN1CCC(C2CCN(C(=O)OC(C)(C)C)CC2)CC1.CN1CCC(C2CCNCC2)CC1.O=S(=O)(N(c1ccccc1)S(=O)(=O)C(F)(F)F)C(F)(F)F. The maximum Gasteiger partial charge on any atom is 0.534 e. The van der Waals surface area contributed by atoms with Gasteiger partial charge in [-0.25, -0.2) is 14.4 Å². The molecule has 26 nitrogen and oxygen atoms in total. The van der Waals surface area contributed by atoms with Gasteiger partial charge in [0.15, 0.2) is 0 Å². The summed E-state index contributed by atoms with van der Waals surface area (Å²) < 4.78 is 207. The number of carbonyl (C=O) groups excluding carboxylic acids is 4. The number of amides is 3. The number of benzene rings is 1. The number of hydrogen-bond donors (Lipinski definition) is 1. The van der Waals surface area contributed by atoms with Gasteiger partial charge in [-0.3, -0.25) is 4.79 Å². The average molecular weight is 1770 g/mol. The van der Waals surface area contributed by atoms with Crippen LogP contribution in [-0.4, -0.2) is 293 Å². The molecule has 682 valence electrons. The number of ether oxygens (including phenoxy) is 3. The zero-order chi connectivity index (χ0) is 89.7. The third kappa shape index (κ3) is 34.0. The summed E-state index contributed by atoms with van der Waals surface area (Å²) in [7, 11) is -9.01. The number of sulfonamides is 2. The summed E-state index contributed by atoms with van der Waals surface area (Å²) in [5.41, 5.74) is -17.1. The molecule has 3 amide bonds. The van der Waals surface area contributed by atoms with Crippen molar-refractivity contribution < 1.29 is 112 Å². The Balaban J connectivity index is 0.000000251. The second-order valence-corrected chi connectivity index (χ2v) is 41.1. The van der Waals surface area contributed by atoms with Crippen molar-refractivity contribution in [3.63, 3.8) is 0 Å². The lowest BCUT2D eigenvalue weighted by atomic mass is 9.75. The monoisotopic (exact) mass is 1770 g/mol. The lowest BCUT2D eigenvalue weighted by Crippen LogP contribution is -2.49. The topological polar surface area (TPSA) is 267 Å². The van der Waals surface area contributed by atoms with E-state index in [1.54, 1.807) is 16.8 Å². The van der Waals surface area contributed by atoms with E-state index in [1.807, 2.05) is 113 Å². The Morgan fingerprint density at radius 2 is 0.790 bits per heavy atom. The smallest absolute Gasteiger partial charge is 0.444 e. The van der Waals surface area contributed by atoms with E-state index in [1.165, 1.54) is 95.0 Å². The van der Waals surface area contributed by atoms with E-state index in [4.69, 9.17) is 23.5 Å². The molecule has 1 aromatic rings. The van der Waals surface area contributed by atoms with Gasteiger partial charge in [0, 0.05) is 97.8 Å². The normalized spacial score (nSPS) is 21.9. The van der Waals surface area contributed by atoms with E-state index in [9.17, 15) is 83.9 Å². The van der Waals surface area contributed by atoms with Gasteiger partial charge in [0.1, 0.15) is 28.3 Å². The number of Topliss-reactive ketones (excluding diaryl/α,β-unsaturated/α-hetero) is 1. The van der Waals surface area contributed by atoms with E-state index < -0.39 is 67.3 Å². The first-order chi connectivity index (χ1) is 54.7. The van der Waals surface area contributed by atoms with Crippen molar-refractivity contribution in [2.45, 2.75) is 224 Å². The quantitative estimate of drug-likeness (QED) is 0.0791. The van der Waals surface area contributed by atoms with Crippen molar-refractivity contribution in [1.29, 1.82) is 0 Å². The maximum absolute atomic E-state index is 12.4. The predicted molar refractivity (Wildman–Crippen MR) is 441 cm³/mol. The van der Waals surface area contributed by atoms with Crippen LogP contribution in [0.15, 0.2) is 77.0 Å². The fourth-order valence-corrected chi connectivity index (χ4v) is 17.4. The van der Waals surface area contributed by atoms with Crippen molar-refractivity contribution in [2.24, 2.45) is 23.7 Å². The van der Waals surface area contributed by atoms with Gasteiger partial charge >= 0.3 is 72.1 Å². The Bertz CT molecular complexity index is 3830. The fraction of sp³-hybridized carbons (Fsp3) is 0.775. The number of rotatable bonds is 9. The molecule has 0 atom stereocenters. The highest BCUT2D eigenvalue weighted by molar-refractivity contribution is 8.11. The number of halogens is 9. The molecule has 0 aliphatic carbocycles. The van der Waals surface area contributed by atoms with Crippen LogP contribution in [0, 0.1) is 23.7 Å². The predicted octanol–water partition coefficient (Wildman–Crippen LogP) is 13.8. The van der Waals surface area contributed by atoms with Crippen molar-refractivity contribution >= 4 is 67.0 Å². The first kappa shape index (κ1) is 104. The molecule has 1 aromatic carbocycles. The molecule has 11 rings (SSSR count). The van der Waals surface area contributed by atoms with Crippen molar-refractivity contribution in [3.8, 4) is 0 Å².